The lowest BCUT2D eigenvalue weighted by Crippen LogP contribution is -2.18. The molecule has 2 aromatic carbocycles. The Kier molecular flexibility index (Phi) is 4.14. The molecule has 0 bridgehead atoms. The second-order valence-electron chi connectivity index (χ2n) is 4.86. The predicted octanol–water partition coefficient (Wildman–Crippen LogP) is 4.03. The summed E-state index contributed by atoms with van der Waals surface area (Å²) in [6, 6.07) is 6.88. The van der Waals surface area contributed by atoms with E-state index in [0.29, 0.717) is 16.7 Å². The van der Waals surface area contributed by atoms with Crippen LogP contribution in [0.3, 0.4) is 0 Å². The van der Waals surface area contributed by atoms with Crippen LogP contribution in [0.15, 0.2) is 30.3 Å². The first kappa shape index (κ1) is 14.6. The second kappa shape index (κ2) is 5.67. The van der Waals surface area contributed by atoms with Crippen LogP contribution in [0.2, 0.25) is 0 Å². The number of halogens is 3. The summed E-state index contributed by atoms with van der Waals surface area (Å²) in [6.45, 7) is 3.37. The fraction of sp³-hybridized carbons (Fsp3) is 0.250. The summed E-state index contributed by atoms with van der Waals surface area (Å²) >= 11 is 0. The minimum Gasteiger partial charge on any atom is -0.309 e. The molecule has 0 saturated heterocycles. The van der Waals surface area contributed by atoms with E-state index in [2.05, 4.69) is 5.32 Å². The molecule has 0 aliphatic rings. The van der Waals surface area contributed by atoms with Crippen molar-refractivity contribution in [1.82, 2.24) is 5.32 Å². The number of hydrogen-bond donors (Lipinski definition) is 1. The first-order valence-corrected chi connectivity index (χ1v) is 6.33. The SMILES string of the molecule is CNC(c1cc(C)c(F)c(C)c1)c1ccc(F)c(F)c1. The highest BCUT2D eigenvalue weighted by atomic mass is 19.2. The smallest absolute Gasteiger partial charge is 0.159 e. The molecule has 0 aliphatic heterocycles. The van der Waals surface area contributed by atoms with E-state index in [4.69, 9.17) is 0 Å². The summed E-state index contributed by atoms with van der Waals surface area (Å²) in [6.07, 6.45) is 0. The maximum absolute atomic E-state index is 13.7. The van der Waals surface area contributed by atoms with Gasteiger partial charge in [-0.3, -0.25) is 0 Å². The molecule has 1 N–H and O–H groups in total. The van der Waals surface area contributed by atoms with Gasteiger partial charge in [-0.1, -0.05) is 18.2 Å². The average Bonchev–Trinajstić information content (AvgIpc) is 2.41. The Morgan fingerprint density at radius 2 is 1.45 bits per heavy atom. The van der Waals surface area contributed by atoms with Crippen LogP contribution in [-0.4, -0.2) is 7.05 Å². The molecule has 0 fully saturated rings. The number of nitrogens with one attached hydrogen (secondary N) is 1. The Labute approximate surface area is 116 Å². The monoisotopic (exact) mass is 279 g/mol. The number of rotatable bonds is 3. The van der Waals surface area contributed by atoms with Gasteiger partial charge in [-0.15, -0.1) is 0 Å². The van der Waals surface area contributed by atoms with Crippen LogP contribution in [-0.2, 0) is 0 Å². The van der Waals surface area contributed by atoms with Crippen molar-refractivity contribution in [2.45, 2.75) is 19.9 Å². The van der Waals surface area contributed by atoms with Crippen LogP contribution in [0, 0.1) is 31.3 Å². The summed E-state index contributed by atoms with van der Waals surface area (Å²) in [5.41, 5.74) is 2.47. The Morgan fingerprint density at radius 3 is 1.95 bits per heavy atom. The van der Waals surface area contributed by atoms with Crippen molar-refractivity contribution < 1.29 is 13.2 Å². The van der Waals surface area contributed by atoms with Gasteiger partial charge in [0, 0.05) is 0 Å². The van der Waals surface area contributed by atoms with E-state index in [1.165, 1.54) is 6.07 Å². The van der Waals surface area contributed by atoms with Gasteiger partial charge in [-0.2, -0.15) is 0 Å². The van der Waals surface area contributed by atoms with E-state index < -0.39 is 11.6 Å². The fourth-order valence-electron chi connectivity index (χ4n) is 2.36. The Hall–Kier alpha value is -1.81. The highest BCUT2D eigenvalue weighted by molar-refractivity contribution is 5.38. The first-order chi connectivity index (χ1) is 9.43. The minimum atomic E-state index is -0.890. The van der Waals surface area contributed by atoms with Gasteiger partial charge in [0.1, 0.15) is 5.82 Å². The highest BCUT2D eigenvalue weighted by Gasteiger charge is 2.16. The van der Waals surface area contributed by atoms with Gasteiger partial charge in [-0.05, 0) is 55.3 Å². The second-order valence-corrected chi connectivity index (χ2v) is 4.86. The standard InChI is InChI=1S/C16H16F3N/c1-9-6-12(7-10(2)15(9)19)16(20-3)11-4-5-13(17)14(18)8-11/h4-8,16,20H,1-3H3. The molecular formula is C16H16F3N. The van der Waals surface area contributed by atoms with Gasteiger partial charge < -0.3 is 5.32 Å². The number of hydrogen-bond acceptors (Lipinski definition) is 1. The van der Waals surface area contributed by atoms with Crippen LogP contribution >= 0.6 is 0 Å². The highest BCUT2D eigenvalue weighted by Crippen LogP contribution is 2.26. The Balaban J connectivity index is 2.49. The lowest BCUT2D eigenvalue weighted by Gasteiger charge is -2.19. The molecule has 1 unspecified atom stereocenters. The first-order valence-electron chi connectivity index (χ1n) is 6.33. The predicted molar refractivity (Wildman–Crippen MR) is 73.1 cm³/mol. The van der Waals surface area contributed by atoms with E-state index in [-0.39, 0.29) is 11.9 Å². The molecule has 20 heavy (non-hydrogen) atoms. The lowest BCUT2D eigenvalue weighted by molar-refractivity contribution is 0.505. The topological polar surface area (TPSA) is 12.0 Å². The normalized spacial score (nSPS) is 12.5. The van der Waals surface area contributed by atoms with Crippen molar-refractivity contribution in [2.24, 2.45) is 0 Å². The summed E-state index contributed by atoms with van der Waals surface area (Å²) in [5.74, 6) is -2.01. The van der Waals surface area contributed by atoms with Crippen molar-refractivity contribution >= 4 is 0 Å². The van der Waals surface area contributed by atoms with Gasteiger partial charge in [0.15, 0.2) is 11.6 Å². The molecule has 0 heterocycles. The maximum atomic E-state index is 13.7. The van der Waals surface area contributed by atoms with Crippen LogP contribution in [0.25, 0.3) is 0 Å². The summed E-state index contributed by atoms with van der Waals surface area (Å²) in [7, 11) is 1.72. The number of benzene rings is 2. The van der Waals surface area contributed by atoms with Crippen LogP contribution < -0.4 is 5.32 Å². The molecule has 1 nitrogen and oxygen atoms in total. The van der Waals surface area contributed by atoms with Gasteiger partial charge >= 0.3 is 0 Å². The minimum absolute atomic E-state index is 0.242. The van der Waals surface area contributed by atoms with Gasteiger partial charge in [0.25, 0.3) is 0 Å². The summed E-state index contributed by atoms with van der Waals surface area (Å²) in [4.78, 5) is 0. The third kappa shape index (κ3) is 2.70. The molecule has 1 atom stereocenters. The van der Waals surface area contributed by atoms with Crippen molar-refractivity contribution in [2.75, 3.05) is 7.05 Å². The third-order valence-electron chi connectivity index (χ3n) is 3.36. The van der Waals surface area contributed by atoms with Crippen LogP contribution in [0.1, 0.15) is 28.3 Å². The zero-order valence-corrected chi connectivity index (χ0v) is 11.6. The lowest BCUT2D eigenvalue weighted by atomic mass is 9.95. The van der Waals surface area contributed by atoms with Gasteiger partial charge in [-0.25, -0.2) is 13.2 Å². The molecule has 2 aromatic rings. The number of aryl methyl sites for hydroxylation is 2. The van der Waals surface area contributed by atoms with E-state index in [9.17, 15) is 13.2 Å². The van der Waals surface area contributed by atoms with E-state index in [1.54, 1.807) is 33.0 Å². The molecule has 0 saturated carbocycles. The largest absolute Gasteiger partial charge is 0.309 e. The molecule has 0 radical (unpaired) electrons. The summed E-state index contributed by atoms with van der Waals surface area (Å²) in [5, 5.41) is 3.04. The third-order valence-corrected chi connectivity index (χ3v) is 3.36. The molecule has 0 aliphatic carbocycles. The molecule has 0 amide bonds. The zero-order chi connectivity index (χ0) is 14.9. The molecular weight excluding hydrogens is 263 g/mol. The van der Waals surface area contributed by atoms with Crippen molar-refractivity contribution in [3.05, 3.63) is 70.0 Å². The summed E-state index contributed by atoms with van der Waals surface area (Å²) < 4.78 is 40.0. The van der Waals surface area contributed by atoms with Crippen molar-refractivity contribution in [3.63, 3.8) is 0 Å². The van der Waals surface area contributed by atoms with E-state index in [1.807, 2.05) is 0 Å². The molecule has 0 spiro atoms. The average molecular weight is 279 g/mol. The van der Waals surface area contributed by atoms with Gasteiger partial charge in [0.2, 0.25) is 0 Å². The van der Waals surface area contributed by atoms with Crippen LogP contribution in [0.5, 0.6) is 0 Å². The molecule has 106 valence electrons. The fourth-order valence-corrected chi connectivity index (χ4v) is 2.36. The molecule has 2 rings (SSSR count). The zero-order valence-electron chi connectivity index (χ0n) is 11.6. The molecule has 0 aromatic heterocycles. The van der Waals surface area contributed by atoms with Gasteiger partial charge in [0.05, 0.1) is 6.04 Å². The van der Waals surface area contributed by atoms with Crippen molar-refractivity contribution in [3.8, 4) is 0 Å². The van der Waals surface area contributed by atoms with Crippen molar-refractivity contribution in [1.29, 1.82) is 0 Å². The Morgan fingerprint density at radius 1 is 0.850 bits per heavy atom. The molecule has 4 heteroatoms. The Bertz CT molecular complexity index is 615. The van der Waals surface area contributed by atoms with E-state index in [0.717, 1.165) is 17.7 Å². The van der Waals surface area contributed by atoms with Crippen LogP contribution in [0.4, 0.5) is 13.2 Å². The maximum Gasteiger partial charge on any atom is 0.159 e. The quantitative estimate of drug-likeness (QED) is 0.894. The van der Waals surface area contributed by atoms with E-state index >= 15 is 0 Å².